The van der Waals surface area contributed by atoms with E-state index in [1.807, 2.05) is 0 Å². The predicted octanol–water partition coefficient (Wildman–Crippen LogP) is 5.38. The summed E-state index contributed by atoms with van der Waals surface area (Å²) in [5.74, 6) is -0.381. The van der Waals surface area contributed by atoms with Crippen LogP contribution in [0.3, 0.4) is 0 Å². The van der Waals surface area contributed by atoms with Crippen molar-refractivity contribution in [1.82, 2.24) is 5.32 Å². The molecule has 0 radical (unpaired) electrons. The van der Waals surface area contributed by atoms with Gasteiger partial charge < -0.3 is 10.1 Å². The second-order valence-electron chi connectivity index (χ2n) is 6.95. The highest BCUT2D eigenvalue weighted by molar-refractivity contribution is 5.91. The van der Waals surface area contributed by atoms with Gasteiger partial charge in [-0.2, -0.15) is 26.3 Å². The third-order valence-corrected chi connectivity index (χ3v) is 4.79. The Hall–Kier alpha value is -2.81. The molecular formula is C21H17F6NO2. The molecule has 1 N–H and O–H groups in total. The van der Waals surface area contributed by atoms with Gasteiger partial charge in [-0.3, -0.25) is 4.79 Å². The Bertz CT molecular complexity index is 920. The van der Waals surface area contributed by atoms with Crippen molar-refractivity contribution in [2.75, 3.05) is 6.61 Å². The van der Waals surface area contributed by atoms with Crippen LogP contribution >= 0.6 is 0 Å². The van der Waals surface area contributed by atoms with Crippen molar-refractivity contribution >= 4 is 5.91 Å². The fraction of sp³-hybridized carbons (Fsp3) is 0.286. The first kappa shape index (κ1) is 21.9. The molecule has 0 spiro atoms. The SMILES string of the molecule is C[C@@H](OC[C@@]1(c2ccccc2)C=CC(=O)N1)c1cc(C(F)(F)F)cc(C(F)(F)F)c1. The average molecular weight is 429 g/mol. The summed E-state index contributed by atoms with van der Waals surface area (Å²) in [6, 6.07) is 10.1. The van der Waals surface area contributed by atoms with E-state index in [4.69, 9.17) is 4.74 Å². The van der Waals surface area contributed by atoms with Crippen molar-refractivity contribution in [2.24, 2.45) is 0 Å². The molecule has 30 heavy (non-hydrogen) atoms. The maximum atomic E-state index is 13.1. The number of ether oxygens (including phenoxy) is 1. The molecule has 0 fully saturated rings. The van der Waals surface area contributed by atoms with Gasteiger partial charge in [0.05, 0.1) is 23.8 Å². The fourth-order valence-electron chi connectivity index (χ4n) is 3.16. The maximum Gasteiger partial charge on any atom is 0.416 e. The van der Waals surface area contributed by atoms with Crippen molar-refractivity contribution < 1.29 is 35.9 Å². The van der Waals surface area contributed by atoms with Crippen molar-refractivity contribution in [2.45, 2.75) is 30.9 Å². The minimum absolute atomic E-state index is 0.0710. The largest absolute Gasteiger partial charge is 0.416 e. The normalized spacial score (nSPS) is 20.3. The van der Waals surface area contributed by atoms with E-state index in [1.54, 1.807) is 36.4 Å². The Morgan fingerprint density at radius 1 is 0.967 bits per heavy atom. The summed E-state index contributed by atoms with van der Waals surface area (Å²) in [6.07, 6.45) is -8.12. The van der Waals surface area contributed by atoms with Gasteiger partial charge in [0.1, 0.15) is 5.54 Å². The van der Waals surface area contributed by atoms with Crippen LogP contribution in [0.15, 0.2) is 60.7 Å². The Balaban J connectivity index is 1.89. The van der Waals surface area contributed by atoms with Gasteiger partial charge in [0.25, 0.3) is 0 Å². The number of rotatable bonds is 5. The number of halogens is 6. The van der Waals surface area contributed by atoms with E-state index < -0.39 is 35.1 Å². The molecule has 0 bridgehead atoms. The standard InChI is InChI=1S/C21H17F6NO2/c1-13(14-9-16(20(22,23)24)11-17(10-14)21(25,26)27)30-12-19(8-7-18(29)28-19)15-5-3-2-4-6-15/h2-11,13H,12H2,1H3,(H,28,29)/t13-,19-/m1/s1. The highest BCUT2D eigenvalue weighted by Crippen LogP contribution is 2.38. The lowest BCUT2D eigenvalue weighted by Crippen LogP contribution is -2.43. The van der Waals surface area contributed by atoms with Crippen LogP contribution in [0.2, 0.25) is 0 Å². The summed E-state index contributed by atoms with van der Waals surface area (Å²) in [7, 11) is 0. The van der Waals surface area contributed by atoms with Gasteiger partial charge in [0, 0.05) is 6.08 Å². The summed E-state index contributed by atoms with van der Waals surface area (Å²) >= 11 is 0. The fourth-order valence-corrected chi connectivity index (χ4v) is 3.16. The second-order valence-corrected chi connectivity index (χ2v) is 6.95. The van der Waals surface area contributed by atoms with Crippen LogP contribution in [0.25, 0.3) is 0 Å². The first-order valence-electron chi connectivity index (χ1n) is 8.89. The zero-order valence-corrected chi connectivity index (χ0v) is 15.6. The van der Waals surface area contributed by atoms with Crippen molar-refractivity contribution in [3.8, 4) is 0 Å². The van der Waals surface area contributed by atoms with E-state index in [9.17, 15) is 31.1 Å². The molecule has 0 unspecified atom stereocenters. The number of hydrogen-bond donors (Lipinski definition) is 1. The molecule has 3 rings (SSSR count). The van der Waals surface area contributed by atoms with E-state index in [-0.39, 0.29) is 24.1 Å². The maximum absolute atomic E-state index is 13.1. The van der Waals surface area contributed by atoms with Crippen LogP contribution in [-0.4, -0.2) is 12.5 Å². The molecule has 1 heterocycles. The molecule has 160 valence electrons. The van der Waals surface area contributed by atoms with Crippen molar-refractivity contribution in [1.29, 1.82) is 0 Å². The molecule has 3 nitrogen and oxygen atoms in total. The second kappa shape index (κ2) is 7.79. The number of hydrogen-bond acceptors (Lipinski definition) is 2. The number of carbonyl (C=O) groups excluding carboxylic acids is 1. The van der Waals surface area contributed by atoms with E-state index in [2.05, 4.69) is 5.32 Å². The molecule has 0 saturated heterocycles. The van der Waals surface area contributed by atoms with Gasteiger partial charge in [-0.05, 0) is 42.3 Å². The summed E-state index contributed by atoms with van der Waals surface area (Å²) < 4.78 is 84.2. The topological polar surface area (TPSA) is 38.3 Å². The number of alkyl halides is 6. The van der Waals surface area contributed by atoms with E-state index in [1.165, 1.54) is 13.0 Å². The Kier molecular flexibility index (Phi) is 5.68. The zero-order chi connectivity index (χ0) is 22.2. The highest BCUT2D eigenvalue weighted by atomic mass is 19.4. The molecule has 1 aliphatic heterocycles. The van der Waals surface area contributed by atoms with Crippen LogP contribution in [0.4, 0.5) is 26.3 Å². The van der Waals surface area contributed by atoms with Crippen molar-refractivity contribution in [3.63, 3.8) is 0 Å². The van der Waals surface area contributed by atoms with Crippen molar-refractivity contribution in [3.05, 3.63) is 82.9 Å². The first-order valence-corrected chi connectivity index (χ1v) is 8.89. The van der Waals surface area contributed by atoms with Gasteiger partial charge in [-0.25, -0.2) is 0 Å². The van der Waals surface area contributed by atoms with E-state index >= 15 is 0 Å². The number of amides is 1. The lowest BCUT2D eigenvalue weighted by Gasteiger charge is -2.30. The minimum Gasteiger partial charge on any atom is -0.371 e. The summed E-state index contributed by atoms with van der Waals surface area (Å²) in [5, 5.41) is 2.73. The van der Waals surface area contributed by atoms with Gasteiger partial charge in [0.2, 0.25) is 5.91 Å². The molecule has 2 atom stereocenters. The van der Waals surface area contributed by atoms with Crippen LogP contribution < -0.4 is 5.32 Å². The minimum atomic E-state index is -4.94. The van der Waals surface area contributed by atoms with Crippen LogP contribution in [0.1, 0.15) is 35.3 Å². The summed E-state index contributed by atoms with van der Waals surface area (Å²) in [6.45, 7) is 1.17. The Morgan fingerprint density at radius 3 is 2.00 bits per heavy atom. The molecular weight excluding hydrogens is 412 g/mol. The number of carbonyl (C=O) groups is 1. The third kappa shape index (κ3) is 4.67. The van der Waals surface area contributed by atoms with Gasteiger partial charge in [-0.1, -0.05) is 30.3 Å². The highest BCUT2D eigenvalue weighted by Gasteiger charge is 2.38. The lowest BCUT2D eigenvalue weighted by molar-refractivity contribution is -0.143. The predicted molar refractivity (Wildman–Crippen MR) is 96.2 cm³/mol. The monoisotopic (exact) mass is 429 g/mol. The van der Waals surface area contributed by atoms with E-state index in [0.29, 0.717) is 17.7 Å². The molecule has 0 aromatic heterocycles. The average Bonchev–Trinajstić information content (AvgIpc) is 3.07. The third-order valence-electron chi connectivity index (χ3n) is 4.79. The quantitative estimate of drug-likeness (QED) is 0.648. The molecule has 1 amide bonds. The zero-order valence-electron chi connectivity index (χ0n) is 15.6. The summed E-state index contributed by atoms with van der Waals surface area (Å²) in [5.41, 5.74) is -3.49. The smallest absolute Gasteiger partial charge is 0.371 e. The number of nitrogens with one attached hydrogen (secondary N) is 1. The first-order chi connectivity index (χ1) is 13.9. The van der Waals surface area contributed by atoms with Gasteiger partial charge in [0.15, 0.2) is 0 Å². The van der Waals surface area contributed by atoms with Gasteiger partial charge >= 0.3 is 12.4 Å². The van der Waals surface area contributed by atoms with E-state index in [0.717, 1.165) is 0 Å². The summed E-state index contributed by atoms with van der Waals surface area (Å²) in [4.78, 5) is 11.8. The van der Waals surface area contributed by atoms with Crippen LogP contribution in [-0.2, 0) is 27.4 Å². The molecule has 0 aliphatic carbocycles. The van der Waals surface area contributed by atoms with Crippen LogP contribution in [0, 0.1) is 0 Å². The number of benzene rings is 2. The molecule has 0 saturated carbocycles. The lowest BCUT2D eigenvalue weighted by atomic mass is 9.92. The molecule has 2 aromatic rings. The molecule has 9 heteroatoms. The molecule has 1 aliphatic rings. The molecule has 2 aromatic carbocycles. The van der Waals surface area contributed by atoms with Gasteiger partial charge in [-0.15, -0.1) is 0 Å². The Labute approximate surface area is 168 Å². The van der Waals surface area contributed by atoms with Crippen LogP contribution in [0.5, 0.6) is 0 Å². The Morgan fingerprint density at radius 2 is 1.53 bits per heavy atom.